The van der Waals surface area contributed by atoms with E-state index in [2.05, 4.69) is 5.32 Å². The van der Waals surface area contributed by atoms with Gasteiger partial charge in [-0.15, -0.1) is 0 Å². The molecule has 0 saturated carbocycles. The zero-order valence-electron chi connectivity index (χ0n) is 21.7. The largest absolute Gasteiger partial charge is 0.462 e. The topological polar surface area (TPSA) is 81.7 Å². The molecule has 0 spiro atoms. The van der Waals surface area contributed by atoms with Crippen molar-refractivity contribution in [2.75, 3.05) is 13.2 Å². The van der Waals surface area contributed by atoms with E-state index in [4.69, 9.17) is 9.47 Å². The summed E-state index contributed by atoms with van der Waals surface area (Å²) in [5.74, 6) is -1.06. The number of amides is 1. The summed E-state index contributed by atoms with van der Waals surface area (Å²) in [6.07, 6.45) is -0.708. The van der Waals surface area contributed by atoms with Crippen LogP contribution in [0.3, 0.4) is 0 Å². The van der Waals surface area contributed by atoms with Crippen molar-refractivity contribution in [3.8, 4) is 0 Å². The molecule has 194 valence electrons. The SMILES string of the molecule is CCOC(=O)C(C(=O)[C@H](C)NC(=O)OCC(C)C)=P(c1ccccc1)(c1ccccc1)c1ccccc1. The van der Waals surface area contributed by atoms with E-state index in [0.29, 0.717) is 0 Å². The van der Waals surface area contributed by atoms with Crippen LogP contribution in [-0.4, -0.2) is 42.4 Å². The van der Waals surface area contributed by atoms with Crippen LogP contribution in [0.4, 0.5) is 4.79 Å². The molecule has 3 aromatic rings. The number of Topliss-reactive ketones (excluding diaryl/α,β-unsaturated/α-hetero) is 1. The third kappa shape index (κ3) is 6.39. The third-order valence-corrected chi connectivity index (χ3v) is 10.0. The van der Waals surface area contributed by atoms with E-state index >= 15 is 0 Å². The van der Waals surface area contributed by atoms with Gasteiger partial charge in [0.1, 0.15) is 5.29 Å². The maximum atomic E-state index is 14.2. The van der Waals surface area contributed by atoms with Crippen molar-refractivity contribution in [3.05, 3.63) is 91.0 Å². The summed E-state index contributed by atoms with van der Waals surface area (Å²) in [5, 5.41) is 5.14. The molecule has 0 bridgehead atoms. The van der Waals surface area contributed by atoms with E-state index in [1.54, 1.807) is 13.8 Å². The van der Waals surface area contributed by atoms with Gasteiger partial charge in [0.25, 0.3) is 0 Å². The minimum absolute atomic E-state index is 0.0228. The number of benzene rings is 3. The van der Waals surface area contributed by atoms with Gasteiger partial charge in [-0.3, -0.25) is 4.79 Å². The van der Waals surface area contributed by atoms with Crippen molar-refractivity contribution in [3.63, 3.8) is 0 Å². The molecule has 0 unspecified atom stereocenters. The monoisotopic (exact) mass is 519 g/mol. The van der Waals surface area contributed by atoms with E-state index in [1.165, 1.54) is 0 Å². The van der Waals surface area contributed by atoms with Crippen LogP contribution in [-0.2, 0) is 19.1 Å². The van der Waals surface area contributed by atoms with Gasteiger partial charge in [0.15, 0.2) is 5.78 Å². The number of ether oxygens (including phenoxy) is 2. The average Bonchev–Trinajstić information content (AvgIpc) is 2.91. The van der Waals surface area contributed by atoms with Gasteiger partial charge >= 0.3 is 12.1 Å². The van der Waals surface area contributed by atoms with E-state index < -0.39 is 30.8 Å². The van der Waals surface area contributed by atoms with Crippen LogP contribution in [0.2, 0.25) is 0 Å². The lowest BCUT2D eigenvalue weighted by Gasteiger charge is -2.32. The van der Waals surface area contributed by atoms with Gasteiger partial charge in [0.2, 0.25) is 0 Å². The Morgan fingerprint density at radius 2 is 1.16 bits per heavy atom. The van der Waals surface area contributed by atoms with Gasteiger partial charge < -0.3 is 14.8 Å². The Morgan fingerprint density at radius 3 is 1.54 bits per heavy atom. The highest BCUT2D eigenvalue weighted by Crippen LogP contribution is 2.46. The number of carbonyl (C=O) groups excluding carboxylic acids is 3. The van der Waals surface area contributed by atoms with Crippen molar-refractivity contribution >= 4 is 45.9 Å². The normalized spacial score (nSPS) is 11.9. The molecule has 0 saturated heterocycles. The van der Waals surface area contributed by atoms with Gasteiger partial charge in [0, 0.05) is 0 Å². The quantitative estimate of drug-likeness (QED) is 0.248. The third-order valence-electron chi connectivity index (χ3n) is 5.74. The molecule has 0 radical (unpaired) electrons. The summed E-state index contributed by atoms with van der Waals surface area (Å²) in [6, 6.07) is 27.7. The molecule has 1 N–H and O–H groups in total. The first-order valence-electron chi connectivity index (χ1n) is 12.4. The van der Waals surface area contributed by atoms with Crippen LogP contribution in [0, 0.1) is 5.92 Å². The lowest BCUT2D eigenvalue weighted by Crippen LogP contribution is -2.47. The minimum Gasteiger partial charge on any atom is -0.462 e. The summed E-state index contributed by atoms with van der Waals surface area (Å²) >= 11 is 0. The first-order valence-corrected chi connectivity index (χ1v) is 14.2. The maximum absolute atomic E-state index is 14.2. The van der Waals surface area contributed by atoms with Crippen molar-refractivity contribution < 1.29 is 23.9 Å². The number of hydrogen-bond donors (Lipinski definition) is 1. The van der Waals surface area contributed by atoms with Crippen molar-refractivity contribution in [2.45, 2.75) is 33.7 Å². The predicted octanol–water partition coefficient (Wildman–Crippen LogP) is 4.06. The molecule has 3 aromatic carbocycles. The molecule has 3 rings (SSSR count). The molecule has 0 aliphatic rings. The van der Waals surface area contributed by atoms with Crippen LogP contribution in [0.15, 0.2) is 91.0 Å². The molecule has 37 heavy (non-hydrogen) atoms. The molecule has 1 amide bonds. The second kappa shape index (κ2) is 13.1. The second-order valence-electron chi connectivity index (χ2n) is 8.97. The van der Waals surface area contributed by atoms with Gasteiger partial charge in [-0.25, -0.2) is 9.59 Å². The van der Waals surface area contributed by atoms with Crippen LogP contribution in [0.1, 0.15) is 27.7 Å². The molecular weight excluding hydrogens is 485 g/mol. The first-order chi connectivity index (χ1) is 17.8. The van der Waals surface area contributed by atoms with Crippen molar-refractivity contribution in [2.24, 2.45) is 5.92 Å². The Morgan fingerprint density at radius 1 is 0.730 bits per heavy atom. The van der Waals surface area contributed by atoms with Crippen LogP contribution in [0.25, 0.3) is 0 Å². The number of rotatable bonds is 10. The van der Waals surface area contributed by atoms with Gasteiger partial charge in [-0.1, -0.05) is 105 Å². The Hall–Kier alpha value is -3.63. The molecule has 6 nitrogen and oxygen atoms in total. The summed E-state index contributed by atoms with van der Waals surface area (Å²) in [6.45, 7) is 4.41. The number of ketones is 1. The van der Waals surface area contributed by atoms with Crippen molar-refractivity contribution in [1.29, 1.82) is 0 Å². The van der Waals surface area contributed by atoms with E-state index in [-0.39, 0.29) is 24.4 Å². The number of carbonyl (C=O) groups is 3. The molecule has 0 aromatic heterocycles. The molecule has 1 atom stereocenters. The van der Waals surface area contributed by atoms with Crippen LogP contribution < -0.4 is 21.2 Å². The molecule has 7 heteroatoms. The summed E-state index contributed by atoms with van der Waals surface area (Å²) in [4.78, 5) is 40.4. The first kappa shape index (κ1) is 27.9. The lowest BCUT2D eigenvalue weighted by molar-refractivity contribution is -0.135. The highest BCUT2D eigenvalue weighted by molar-refractivity contribution is 7.97. The Bertz CT molecular complexity index is 1150. The summed E-state index contributed by atoms with van der Waals surface area (Å²) in [5.41, 5.74) is 0. The van der Waals surface area contributed by atoms with E-state index in [0.717, 1.165) is 15.9 Å². The van der Waals surface area contributed by atoms with Gasteiger partial charge in [-0.05, 0) is 42.6 Å². The fourth-order valence-electron chi connectivity index (χ4n) is 4.12. The Kier molecular flexibility index (Phi) is 9.87. The molecule has 0 aliphatic carbocycles. The lowest BCUT2D eigenvalue weighted by atomic mass is 10.1. The maximum Gasteiger partial charge on any atom is 0.407 e. The Balaban J connectivity index is 2.38. The smallest absolute Gasteiger partial charge is 0.407 e. The highest BCUT2D eigenvalue weighted by atomic mass is 31.2. The fourth-order valence-corrected chi connectivity index (χ4v) is 8.51. The Labute approximate surface area is 219 Å². The van der Waals surface area contributed by atoms with Gasteiger partial charge in [-0.2, -0.15) is 0 Å². The molecule has 0 heterocycles. The number of hydrogen-bond acceptors (Lipinski definition) is 5. The summed E-state index contributed by atoms with van der Waals surface area (Å²) < 4.78 is 10.7. The van der Waals surface area contributed by atoms with E-state index in [1.807, 2.05) is 105 Å². The fraction of sp³-hybridized carbons (Fsp3) is 0.267. The second-order valence-corrected chi connectivity index (χ2v) is 12.3. The zero-order chi connectivity index (χ0) is 26.8. The number of nitrogens with one attached hydrogen (secondary N) is 1. The van der Waals surface area contributed by atoms with Crippen LogP contribution in [0.5, 0.6) is 0 Å². The zero-order valence-corrected chi connectivity index (χ0v) is 22.6. The number of alkyl carbamates (subject to hydrolysis) is 1. The van der Waals surface area contributed by atoms with Crippen LogP contribution >= 0.6 is 6.89 Å². The summed E-state index contributed by atoms with van der Waals surface area (Å²) in [7, 11) is 0. The molecule has 0 fully saturated rings. The highest BCUT2D eigenvalue weighted by Gasteiger charge is 2.39. The predicted molar refractivity (Wildman–Crippen MR) is 151 cm³/mol. The van der Waals surface area contributed by atoms with Crippen molar-refractivity contribution in [1.82, 2.24) is 5.32 Å². The average molecular weight is 520 g/mol. The molecule has 0 aliphatic heterocycles. The minimum atomic E-state index is -3.03. The molecular formula is C30H34NO5P. The van der Waals surface area contributed by atoms with Gasteiger partial charge in [0.05, 0.1) is 19.3 Å². The number of esters is 1. The van der Waals surface area contributed by atoms with E-state index in [9.17, 15) is 14.4 Å². The standard InChI is InChI=1S/C30H34NO5P/c1-5-35-29(33)28(27(32)23(4)31-30(34)36-21-22(2)3)37(24-15-9-6-10-16-24,25-17-11-7-12-18-25)26-19-13-8-14-20-26/h6-20,22-23H,5,21H2,1-4H3,(H,31,34)/t23-/m0/s1.